The number of nitrogens with one attached hydrogen (secondary N) is 1. The third-order valence-corrected chi connectivity index (χ3v) is 3.33. The first-order valence-corrected chi connectivity index (χ1v) is 6.31. The third kappa shape index (κ3) is 3.54. The van der Waals surface area contributed by atoms with Crippen molar-refractivity contribution < 1.29 is 19.0 Å². The number of rotatable bonds is 8. The van der Waals surface area contributed by atoms with Crippen LogP contribution in [0.4, 0.5) is 0 Å². The summed E-state index contributed by atoms with van der Waals surface area (Å²) < 4.78 is 16.2. The van der Waals surface area contributed by atoms with Crippen LogP contribution in [0.5, 0.6) is 17.2 Å². The van der Waals surface area contributed by atoms with Gasteiger partial charge in [0.05, 0.1) is 26.4 Å². The van der Waals surface area contributed by atoms with Crippen molar-refractivity contribution in [1.82, 2.24) is 5.32 Å². The van der Waals surface area contributed by atoms with E-state index in [1.807, 2.05) is 6.07 Å². The molecule has 1 unspecified atom stereocenters. The van der Waals surface area contributed by atoms with Crippen LogP contribution in [0.3, 0.4) is 0 Å². The van der Waals surface area contributed by atoms with Gasteiger partial charge in [0.15, 0.2) is 11.5 Å². The molecule has 6 nitrogen and oxygen atoms in total. The molecule has 0 aliphatic carbocycles. The summed E-state index contributed by atoms with van der Waals surface area (Å²) in [6.45, 7) is 2.04. The minimum absolute atomic E-state index is 0.303. The van der Waals surface area contributed by atoms with Gasteiger partial charge in [-0.2, -0.15) is 0 Å². The highest BCUT2D eigenvalue weighted by Gasteiger charge is 2.29. The second-order valence-corrected chi connectivity index (χ2v) is 4.54. The fourth-order valence-electron chi connectivity index (χ4n) is 1.69. The second kappa shape index (κ2) is 7.00. The molecule has 0 aliphatic rings. The minimum Gasteiger partial charge on any atom is -0.493 e. The number of carbonyl (C=O) groups is 1. The molecule has 1 aromatic rings. The van der Waals surface area contributed by atoms with Crippen molar-refractivity contribution in [2.24, 2.45) is 5.73 Å². The Labute approximate surface area is 119 Å². The molecule has 0 aromatic heterocycles. The highest BCUT2D eigenvalue weighted by atomic mass is 16.5. The Bertz CT molecular complexity index is 442. The summed E-state index contributed by atoms with van der Waals surface area (Å²) in [6.07, 6.45) is 0.431. The second-order valence-electron chi connectivity index (χ2n) is 4.54. The number of hydrogen-bond donors (Lipinski definition) is 2. The van der Waals surface area contributed by atoms with Gasteiger partial charge in [-0.1, -0.05) is 6.07 Å². The first kappa shape index (κ1) is 16.1. The monoisotopic (exact) mass is 282 g/mol. The van der Waals surface area contributed by atoms with E-state index in [0.29, 0.717) is 30.3 Å². The number of methoxy groups -OCH3 is 2. The molecule has 0 heterocycles. The molecular formula is C14H22N2O4. The maximum atomic E-state index is 11.4. The molecule has 1 aromatic carbocycles. The molecule has 6 heteroatoms. The number of primary amides is 1. The molecule has 0 fully saturated rings. The molecule has 0 aliphatic heterocycles. The molecule has 0 spiro atoms. The van der Waals surface area contributed by atoms with Gasteiger partial charge in [-0.05, 0) is 26.1 Å². The van der Waals surface area contributed by atoms with Crippen LogP contribution in [0.2, 0.25) is 0 Å². The summed E-state index contributed by atoms with van der Waals surface area (Å²) in [7, 11) is 4.81. The van der Waals surface area contributed by atoms with Crippen molar-refractivity contribution in [2.75, 3.05) is 27.9 Å². The van der Waals surface area contributed by atoms with E-state index in [1.165, 1.54) is 0 Å². The third-order valence-electron chi connectivity index (χ3n) is 3.33. The van der Waals surface area contributed by atoms with Crippen molar-refractivity contribution in [2.45, 2.75) is 18.9 Å². The summed E-state index contributed by atoms with van der Waals surface area (Å²) in [4.78, 5) is 11.4. The quantitative estimate of drug-likeness (QED) is 0.741. The normalized spacial score (nSPS) is 13.4. The minimum atomic E-state index is -0.810. The van der Waals surface area contributed by atoms with Crippen LogP contribution >= 0.6 is 0 Å². The van der Waals surface area contributed by atoms with E-state index in [9.17, 15) is 4.79 Å². The Morgan fingerprint density at radius 3 is 2.25 bits per heavy atom. The number of hydrogen-bond acceptors (Lipinski definition) is 5. The lowest BCUT2D eigenvalue weighted by Gasteiger charge is -2.25. The van der Waals surface area contributed by atoms with Crippen LogP contribution < -0.4 is 25.3 Å². The zero-order valence-electron chi connectivity index (χ0n) is 12.4. The lowest BCUT2D eigenvalue weighted by atomic mass is 9.98. The Morgan fingerprint density at radius 2 is 1.85 bits per heavy atom. The number of nitrogens with two attached hydrogens (primary N) is 1. The highest BCUT2D eigenvalue weighted by molar-refractivity contribution is 5.84. The van der Waals surface area contributed by atoms with Crippen LogP contribution in [0.15, 0.2) is 18.2 Å². The van der Waals surface area contributed by atoms with Crippen LogP contribution in [-0.4, -0.2) is 39.3 Å². The predicted octanol–water partition coefficient (Wildman–Crippen LogP) is 0.936. The average Bonchev–Trinajstić information content (AvgIpc) is 2.46. The molecule has 3 N–H and O–H groups in total. The maximum Gasteiger partial charge on any atom is 0.237 e. The fraction of sp³-hybridized carbons (Fsp3) is 0.500. The van der Waals surface area contributed by atoms with Crippen molar-refractivity contribution in [3.05, 3.63) is 18.2 Å². The number of para-hydroxylation sites is 1. The van der Waals surface area contributed by atoms with Gasteiger partial charge in [0.2, 0.25) is 11.7 Å². The van der Waals surface area contributed by atoms with E-state index in [1.54, 1.807) is 40.3 Å². The summed E-state index contributed by atoms with van der Waals surface area (Å²) >= 11 is 0. The molecule has 112 valence electrons. The SMILES string of the molecule is CNC(C)(CCOc1c(OC)cccc1OC)C(N)=O. The van der Waals surface area contributed by atoms with Crippen LogP contribution in [0.25, 0.3) is 0 Å². The maximum absolute atomic E-state index is 11.4. The lowest BCUT2D eigenvalue weighted by molar-refractivity contribution is -0.124. The molecule has 0 saturated heterocycles. The highest BCUT2D eigenvalue weighted by Crippen LogP contribution is 2.36. The topological polar surface area (TPSA) is 82.8 Å². The summed E-state index contributed by atoms with van der Waals surface area (Å²) in [6, 6.07) is 5.37. The number of carbonyl (C=O) groups excluding carboxylic acids is 1. The van der Waals surface area contributed by atoms with E-state index in [2.05, 4.69) is 5.32 Å². The Balaban J connectivity index is 2.77. The molecule has 1 rings (SSSR count). The van der Waals surface area contributed by atoms with E-state index in [0.717, 1.165) is 0 Å². The zero-order valence-corrected chi connectivity index (χ0v) is 12.4. The molecule has 1 atom stereocenters. The standard InChI is InChI=1S/C14H22N2O4/c1-14(16-2,13(15)17)8-9-20-12-10(18-3)6-5-7-11(12)19-4/h5-7,16H,8-9H2,1-4H3,(H2,15,17). The fourth-order valence-corrected chi connectivity index (χ4v) is 1.69. The van der Waals surface area contributed by atoms with Crippen molar-refractivity contribution >= 4 is 5.91 Å². The number of benzene rings is 1. The first-order chi connectivity index (χ1) is 9.48. The smallest absolute Gasteiger partial charge is 0.237 e. The van der Waals surface area contributed by atoms with Gasteiger partial charge >= 0.3 is 0 Å². The van der Waals surface area contributed by atoms with E-state index >= 15 is 0 Å². The molecule has 0 saturated carbocycles. The lowest BCUT2D eigenvalue weighted by Crippen LogP contribution is -2.52. The number of amides is 1. The largest absolute Gasteiger partial charge is 0.493 e. The van der Waals surface area contributed by atoms with Gasteiger partial charge in [0.1, 0.15) is 0 Å². The van der Waals surface area contributed by atoms with E-state index in [-0.39, 0.29) is 0 Å². The van der Waals surface area contributed by atoms with Crippen LogP contribution in [-0.2, 0) is 4.79 Å². The number of ether oxygens (including phenoxy) is 3. The van der Waals surface area contributed by atoms with E-state index in [4.69, 9.17) is 19.9 Å². The van der Waals surface area contributed by atoms with Gasteiger partial charge in [-0.3, -0.25) is 4.79 Å². The molecular weight excluding hydrogens is 260 g/mol. The van der Waals surface area contributed by atoms with Gasteiger partial charge in [-0.15, -0.1) is 0 Å². The van der Waals surface area contributed by atoms with Crippen molar-refractivity contribution in [3.8, 4) is 17.2 Å². The summed E-state index contributed by atoms with van der Waals surface area (Å²) in [5.41, 5.74) is 4.56. The van der Waals surface area contributed by atoms with E-state index < -0.39 is 11.4 Å². The molecule has 1 amide bonds. The van der Waals surface area contributed by atoms with Crippen LogP contribution in [0.1, 0.15) is 13.3 Å². The van der Waals surface area contributed by atoms with Gasteiger partial charge in [-0.25, -0.2) is 0 Å². The summed E-state index contributed by atoms with van der Waals surface area (Å²) in [5.74, 6) is 1.25. The molecule has 20 heavy (non-hydrogen) atoms. The Hall–Kier alpha value is -1.95. The Kier molecular flexibility index (Phi) is 5.64. The molecule has 0 radical (unpaired) electrons. The molecule has 0 bridgehead atoms. The van der Waals surface area contributed by atoms with Crippen molar-refractivity contribution in [1.29, 1.82) is 0 Å². The number of likely N-dealkylation sites (N-methyl/N-ethyl adjacent to an activating group) is 1. The van der Waals surface area contributed by atoms with Crippen molar-refractivity contribution in [3.63, 3.8) is 0 Å². The zero-order chi connectivity index (χ0) is 15.2. The average molecular weight is 282 g/mol. The summed E-state index contributed by atoms with van der Waals surface area (Å²) in [5, 5.41) is 2.90. The van der Waals surface area contributed by atoms with Crippen LogP contribution in [0, 0.1) is 0 Å². The Morgan fingerprint density at radius 1 is 1.30 bits per heavy atom. The van der Waals surface area contributed by atoms with Gasteiger partial charge in [0, 0.05) is 6.42 Å². The van der Waals surface area contributed by atoms with Gasteiger partial charge < -0.3 is 25.3 Å². The van der Waals surface area contributed by atoms with Gasteiger partial charge in [0.25, 0.3) is 0 Å². The predicted molar refractivity (Wildman–Crippen MR) is 76.3 cm³/mol. The first-order valence-electron chi connectivity index (χ1n) is 6.31.